The Balaban J connectivity index is 1.61. The third kappa shape index (κ3) is 6.20. The Bertz CT molecular complexity index is 285. The molecule has 0 radical (unpaired) electrons. The van der Waals surface area contributed by atoms with Gasteiger partial charge in [0.05, 0.1) is 12.2 Å². The van der Waals surface area contributed by atoms with Crippen LogP contribution in [0.15, 0.2) is 0 Å². The second-order valence-corrected chi connectivity index (χ2v) is 7.09. The van der Waals surface area contributed by atoms with Gasteiger partial charge in [-0.25, -0.2) is 0 Å². The molecule has 0 aromatic carbocycles. The summed E-state index contributed by atoms with van der Waals surface area (Å²) in [4.78, 5) is 7.07. The van der Waals surface area contributed by atoms with Gasteiger partial charge >= 0.3 is 0 Å². The zero-order valence-electron chi connectivity index (χ0n) is 13.7. The number of hydrogen-bond acceptors (Lipinski definition) is 5. The van der Waals surface area contributed by atoms with Crippen molar-refractivity contribution in [2.45, 2.75) is 38.9 Å². The van der Waals surface area contributed by atoms with Crippen molar-refractivity contribution in [3.63, 3.8) is 0 Å². The van der Waals surface area contributed by atoms with E-state index in [0.29, 0.717) is 0 Å². The van der Waals surface area contributed by atoms with Crippen molar-refractivity contribution >= 4 is 0 Å². The molecule has 0 unspecified atom stereocenters. The number of aliphatic hydroxyl groups is 2. The maximum absolute atomic E-state index is 10.3. The van der Waals surface area contributed by atoms with Crippen molar-refractivity contribution in [2.24, 2.45) is 5.92 Å². The van der Waals surface area contributed by atoms with Gasteiger partial charge in [0, 0.05) is 45.8 Å². The fraction of sp³-hybridized carbons (Fsp3) is 1.00. The van der Waals surface area contributed by atoms with Crippen molar-refractivity contribution in [1.29, 1.82) is 0 Å². The molecule has 0 aliphatic carbocycles. The Morgan fingerprint density at radius 1 is 0.810 bits per heavy atom. The number of piperazine rings is 1. The first kappa shape index (κ1) is 17.2. The van der Waals surface area contributed by atoms with Crippen LogP contribution in [0.4, 0.5) is 0 Å². The second kappa shape index (κ2) is 8.44. The molecule has 21 heavy (non-hydrogen) atoms. The highest BCUT2D eigenvalue weighted by Crippen LogP contribution is 2.16. The van der Waals surface area contributed by atoms with Gasteiger partial charge in [-0.2, -0.15) is 0 Å². The van der Waals surface area contributed by atoms with Gasteiger partial charge in [0.2, 0.25) is 0 Å². The molecule has 2 saturated heterocycles. The Morgan fingerprint density at radius 3 is 1.71 bits per heavy atom. The van der Waals surface area contributed by atoms with Crippen LogP contribution in [-0.2, 0) is 0 Å². The van der Waals surface area contributed by atoms with Gasteiger partial charge in [-0.05, 0) is 38.8 Å². The summed E-state index contributed by atoms with van der Waals surface area (Å²) in [7, 11) is 0. The molecule has 5 heteroatoms. The molecule has 2 aliphatic heterocycles. The van der Waals surface area contributed by atoms with Crippen LogP contribution in [0, 0.1) is 5.92 Å². The van der Waals surface area contributed by atoms with E-state index in [1.165, 1.54) is 12.8 Å². The van der Waals surface area contributed by atoms with Crippen LogP contribution in [0.25, 0.3) is 0 Å². The summed E-state index contributed by atoms with van der Waals surface area (Å²) in [6.45, 7) is 12.8. The van der Waals surface area contributed by atoms with Crippen molar-refractivity contribution in [3.05, 3.63) is 0 Å². The molecule has 0 aromatic rings. The molecule has 0 bridgehead atoms. The van der Waals surface area contributed by atoms with E-state index in [2.05, 4.69) is 21.6 Å². The van der Waals surface area contributed by atoms with Crippen molar-refractivity contribution in [2.75, 3.05) is 58.9 Å². The fourth-order valence-corrected chi connectivity index (χ4v) is 3.43. The molecule has 2 fully saturated rings. The summed E-state index contributed by atoms with van der Waals surface area (Å²) in [5.41, 5.74) is 0. The van der Waals surface area contributed by atoms with Crippen LogP contribution >= 0.6 is 0 Å². The van der Waals surface area contributed by atoms with Gasteiger partial charge in [0.25, 0.3) is 0 Å². The summed E-state index contributed by atoms with van der Waals surface area (Å²) in [5, 5.41) is 19.7. The largest absolute Gasteiger partial charge is 0.392 e. The van der Waals surface area contributed by atoms with Crippen LogP contribution in [0.1, 0.15) is 26.7 Å². The quantitative estimate of drug-likeness (QED) is 0.727. The molecule has 0 amide bonds. The van der Waals surface area contributed by atoms with Crippen LogP contribution in [0.3, 0.4) is 0 Å². The SMILES string of the molecule is CC1CCN(C[C@H](O)CN2CCN(C[C@H](C)O)CC2)CC1. The lowest BCUT2D eigenvalue weighted by Crippen LogP contribution is -2.51. The number of aliphatic hydroxyl groups excluding tert-OH is 2. The van der Waals surface area contributed by atoms with Gasteiger partial charge in [-0.3, -0.25) is 9.80 Å². The van der Waals surface area contributed by atoms with E-state index in [-0.39, 0.29) is 12.2 Å². The van der Waals surface area contributed by atoms with E-state index in [9.17, 15) is 10.2 Å². The summed E-state index contributed by atoms with van der Waals surface area (Å²) >= 11 is 0. The van der Waals surface area contributed by atoms with Crippen LogP contribution in [0.5, 0.6) is 0 Å². The van der Waals surface area contributed by atoms with E-state index < -0.39 is 0 Å². The summed E-state index contributed by atoms with van der Waals surface area (Å²) in [6, 6.07) is 0. The van der Waals surface area contributed by atoms with Crippen molar-refractivity contribution < 1.29 is 10.2 Å². The number of rotatable bonds is 6. The first-order valence-electron chi connectivity index (χ1n) is 8.56. The zero-order chi connectivity index (χ0) is 15.2. The fourth-order valence-electron chi connectivity index (χ4n) is 3.43. The third-order valence-electron chi connectivity index (χ3n) is 4.80. The molecular formula is C16H33N3O2. The number of nitrogens with zero attached hydrogens (tertiary/aromatic N) is 3. The number of likely N-dealkylation sites (tertiary alicyclic amines) is 1. The van der Waals surface area contributed by atoms with E-state index >= 15 is 0 Å². The molecule has 124 valence electrons. The number of β-amino-alcohol motifs (C(OH)–C–C–N with tert-alkyl or cyclic N) is 2. The lowest BCUT2D eigenvalue weighted by molar-refractivity contribution is 0.0337. The molecule has 0 aromatic heterocycles. The highest BCUT2D eigenvalue weighted by atomic mass is 16.3. The molecule has 0 saturated carbocycles. The van der Waals surface area contributed by atoms with Crippen LogP contribution in [-0.4, -0.2) is 96.0 Å². The van der Waals surface area contributed by atoms with E-state index in [1.807, 2.05) is 6.92 Å². The molecule has 2 heterocycles. The highest BCUT2D eigenvalue weighted by Gasteiger charge is 2.22. The van der Waals surface area contributed by atoms with Gasteiger partial charge in [-0.15, -0.1) is 0 Å². The topological polar surface area (TPSA) is 50.2 Å². The lowest BCUT2D eigenvalue weighted by atomic mass is 9.99. The third-order valence-corrected chi connectivity index (χ3v) is 4.80. The van der Waals surface area contributed by atoms with Crippen molar-refractivity contribution in [1.82, 2.24) is 14.7 Å². The van der Waals surface area contributed by atoms with E-state index in [4.69, 9.17) is 0 Å². The Kier molecular flexibility index (Phi) is 6.89. The molecule has 2 atom stereocenters. The highest BCUT2D eigenvalue weighted by molar-refractivity contribution is 4.78. The van der Waals surface area contributed by atoms with Crippen LogP contribution in [0.2, 0.25) is 0 Å². The van der Waals surface area contributed by atoms with E-state index in [1.54, 1.807) is 0 Å². The first-order valence-corrected chi connectivity index (χ1v) is 8.56. The average molecular weight is 299 g/mol. The number of hydrogen-bond donors (Lipinski definition) is 2. The average Bonchev–Trinajstić information content (AvgIpc) is 2.43. The molecule has 5 nitrogen and oxygen atoms in total. The predicted molar refractivity (Wildman–Crippen MR) is 85.4 cm³/mol. The molecular weight excluding hydrogens is 266 g/mol. The standard InChI is InChI=1S/C16H33N3O2/c1-14-3-5-17(6-4-14)12-16(21)13-19-9-7-18(8-10-19)11-15(2)20/h14-16,20-21H,3-13H2,1-2H3/t15-,16-/m0/s1. The summed E-state index contributed by atoms with van der Waals surface area (Å²) in [5.74, 6) is 0.848. The minimum atomic E-state index is -0.247. The monoisotopic (exact) mass is 299 g/mol. The van der Waals surface area contributed by atoms with Crippen LogP contribution < -0.4 is 0 Å². The molecule has 2 rings (SSSR count). The van der Waals surface area contributed by atoms with Gasteiger partial charge < -0.3 is 15.1 Å². The van der Waals surface area contributed by atoms with Crippen molar-refractivity contribution in [3.8, 4) is 0 Å². The Morgan fingerprint density at radius 2 is 1.24 bits per heavy atom. The van der Waals surface area contributed by atoms with Gasteiger partial charge in [-0.1, -0.05) is 6.92 Å². The second-order valence-electron chi connectivity index (χ2n) is 7.09. The molecule has 2 aliphatic rings. The minimum Gasteiger partial charge on any atom is -0.392 e. The van der Waals surface area contributed by atoms with E-state index in [0.717, 1.165) is 64.8 Å². The predicted octanol–water partition coefficient (Wildman–Crippen LogP) is 0.0776. The summed E-state index contributed by atoms with van der Waals surface area (Å²) < 4.78 is 0. The normalized spacial score (nSPS) is 26.9. The Hall–Kier alpha value is -0.200. The first-order chi connectivity index (χ1) is 10.0. The minimum absolute atomic E-state index is 0.235. The zero-order valence-corrected chi connectivity index (χ0v) is 13.7. The summed E-state index contributed by atoms with van der Waals surface area (Å²) in [6.07, 6.45) is 2.06. The molecule has 0 spiro atoms. The lowest BCUT2D eigenvalue weighted by Gasteiger charge is -2.37. The molecule has 2 N–H and O–H groups in total. The Labute approximate surface area is 129 Å². The smallest absolute Gasteiger partial charge is 0.0793 e. The van der Waals surface area contributed by atoms with Gasteiger partial charge in [0.15, 0.2) is 0 Å². The maximum Gasteiger partial charge on any atom is 0.0793 e. The number of piperidine rings is 1. The maximum atomic E-state index is 10.3. The van der Waals surface area contributed by atoms with Gasteiger partial charge in [0.1, 0.15) is 0 Å².